The molecule has 0 aromatic rings. The van der Waals surface area contributed by atoms with Crippen molar-refractivity contribution < 1.29 is 9.53 Å². The highest BCUT2D eigenvalue weighted by Gasteiger charge is 2.30. The molecule has 1 saturated heterocycles. The van der Waals surface area contributed by atoms with Crippen LogP contribution in [0.15, 0.2) is 0 Å². The summed E-state index contributed by atoms with van der Waals surface area (Å²) >= 11 is 0. The summed E-state index contributed by atoms with van der Waals surface area (Å²) in [4.78, 5) is 14.1. The zero-order chi connectivity index (χ0) is 20.0. The minimum absolute atomic E-state index is 0. The molecule has 1 saturated carbocycles. The molecule has 0 aromatic heterocycles. The van der Waals surface area contributed by atoms with E-state index in [0.29, 0.717) is 6.42 Å². The second-order valence-corrected chi connectivity index (χ2v) is 8.86. The summed E-state index contributed by atoms with van der Waals surface area (Å²) in [6.07, 6.45) is 19.1. The van der Waals surface area contributed by atoms with Crippen LogP contribution in [0.3, 0.4) is 0 Å². The van der Waals surface area contributed by atoms with Crippen molar-refractivity contribution in [2.45, 2.75) is 109 Å². The topological polar surface area (TPSA) is 79.4 Å². The Morgan fingerprint density at radius 2 is 1.52 bits per heavy atom. The number of hydrogen-bond acceptors (Lipinski definition) is 3. The van der Waals surface area contributed by atoms with Gasteiger partial charge in [-0.1, -0.05) is 57.8 Å². The number of amidine groups is 1. The number of nitrogens with zero attached hydrogens (tertiary/aromatic N) is 1. The predicted octanol–water partition coefficient (Wildman–Crippen LogP) is 5.44. The molecule has 3 N–H and O–H groups in total. The molecule has 0 bridgehead atoms. The fraction of sp³-hybridized carbons (Fsp3) is 0.913. The molecule has 6 heteroatoms. The van der Waals surface area contributed by atoms with Crippen LogP contribution in [0.4, 0.5) is 0 Å². The van der Waals surface area contributed by atoms with Gasteiger partial charge in [0.2, 0.25) is 5.91 Å². The fourth-order valence-corrected chi connectivity index (χ4v) is 4.68. The molecule has 1 aliphatic heterocycles. The number of hydrogen-bond donors (Lipinski definition) is 2. The molecule has 0 spiro atoms. The number of amides is 1. The van der Waals surface area contributed by atoms with Gasteiger partial charge in [-0.2, -0.15) is 0 Å². The molecular formula is C23H44ClN3O2. The molecule has 2 fully saturated rings. The number of nitrogens with one attached hydrogen (secondary N) is 1. The molecule has 29 heavy (non-hydrogen) atoms. The van der Waals surface area contributed by atoms with Crippen molar-refractivity contribution in [2.24, 2.45) is 11.7 Å². The Kier molecular flexibility index (Phi) is 14.4. The number of nitrogens with two attached hydrogens (primary N) is 1. The van der Waals surface area contributed by atoms with Crippen molar-refractivity contribution in [3.05, 3.63) is 0 Å². The summed E-state index contributed by atoms with van der Waals surface area (Å²) in [5.74, 6) is 1.16. The fourth-order valence-electron chi connectivity index (χ4n) is 4.68. The first-order chi connectivity index (χ1) is 13.7. The Labute approximate surface area is 184 Å². The number of rotatable bonds is 14. The third-order valence-electron chi connectivity index (χ3n) is 6.44. The van der Waals surface area contributed by atoms with Crippen molar-refractivity contribution in [2.75, 3.05) is 19.8 Å². The lowest BCUT2D eigenvalue weighted by atomic mass is 9.90. The van der Waals surface area contributed by atoms with E-state index in [-0.39, 0.29) is 30.2 Å². The lowest BCUT2D eigenvalue weighted by Crippen LogP contribution is -2.43. The van der Waals surface area contributed by atoms with Crippen molar-refractivity contribution in [1.29, 1.82) is 5.41 Å². The maximum Gasteiger partial charge on any atom is 0.223 e. The van der Waals surface area contributed by atoms with Crippen LogP contribution in [0.2, 0.25) is 0 Å². The molecular weight excluding hydrogens is 386 g/mol. The summed E-state index contributed by atoms with van der Waals surface area (Å²) < 4.78 is 5.86. The van der Waals surface area contributed by atoms with Gasteiger partial charge in [0.1, 0.15) is 5.84 Å². The summed E-state index contributed by atoms with van der Waals surface area (Å²) in [5, 5.41) is 7.60. The zero-order valence-electron chi connectivity index (χ0n) is 18.3. The first kappa shape index (κ1) is 26.2. The second-order valence-electron chi connectivity index (χ2n) is 8.86. The molecule has 5 nitrogen and oxygen atoms in total. The molecule has 0 unspecified atom stereocenters. The summed E-state index contributed by atoms with van der Waals surface area (Å²) in [5.41, 5.74) is 5.60. The highest BCUT2D eigenvalue weighted by Crippen LogP contribution is 2.23. The van der Waals surface area contributed by atoms with E-state index in [9.17, 15) is 4.79 Å². The minimum atomic E-state index is -0.140. The van der Waals surface area contributed by atoms with Crippen molar-refractivity contribution in [1.82, 2.24) is 4.90 Å². The number of unbranched alkanes of at least 4 members (excludes halogenated alkanes) is 7. The van der Waals surface area contributed by atoms with Gasteiger partial charge in [0.15, 0.2) is 0 Å². The number of halogens is 1. The molecule has 0 aromatic carbocycles. The quantitative estimate of drug-likeness (QED) is 0.219. The summed E-state index contributed by atoms with van der Waals surface area (Å²) in [6, 6.07) is -0.140. The molecule has 0 radical (unpaired) electrons. The van der Waals surface area contributed by atoms with E-state index in [2.05, 4.69) is 0 Å². The minimum Gasteiger partial charge on any atom is -0.386 e. The second kappa shape index (κ2) is 16.0. The Balaban J connectivity index is 0.00000420. The van der Waals surface area contributed by atoms with Gasteiger partial charge >= 0.3 is 0 Å². The number of likely N-dealkylation sites (tertiary alicyclic amines) is 1. The van der Waals surface area contributed by atoms with Gasteiger partial charge in [-0.25, -0.2) is 0 Å². The van der Waals surface area contributed by atoms with Gasteiger partial charge in [0.05, 0.1) is 6.04 Å². The van der Waals surface area contributed by atoms with E-state index in [4.69, 9.17) is 15.9 Å². The summed E-state index contributed by atoms with van der Waals surface area (Å²) in [7, 11) is 0. The molecule has 2 rings (SSSR count). The standard InChI is InChI=1S/C23H43N3O2.ClH/c24-23(25)21-15-12-17-26(21)22(27)16-10-5-3-1-2-4-6-11-18-28-19-20-13-8-7-9-14-20;/h20-21H,1-19H2,(H3,24,25);1H/t21-;/m0./s1. The molecule has 2 aliphatic rings. The zero-order valence-corrected chi connectivity index (χ0v) is 19.2. The summed E-state index contributed by atoms with van der Waals surface area (Å²) in [6.45, 7) is 2.70. The maximum absolute atomic E-state index is 12.3. The Morgan fingerprint density at radius 1 is 0.897 bits per heavy atom. The smallest absolute Gasteiger partial charge is 0.223 e. The van der Waals surface area contributed by atoms with Crippen LogP contribution in [0.1, 0.15) is 103 Å². The highest BCUT2D eigenvalue weighted by atomic mass is 35.5. The molecule has 1 atom stereocenters. The number of carbonyl (C=O) groups is 1. The van der Waals surface area contributed by atoms with Crippen molar-refractivity contribution >= 4 is 24.1 Å². The number of carbonyl (C=O) groups excluding carboxylic acids is 1. The van der Waals surface area contributed by atoms with Gasteiger partial charge in [0, 0.05) is 26.2 Å². The van der Waals surface area contributed by atoms with E-state index in [1.807, 2.05) is 4.90 Å². The van der Waals surface area contributed by atoms with Gasteiger partial charge in [-0.05, 0) is 44.4 Å². The van der Waals surface area contributed by atoms with E-state index >= 15 is 0 Å². The van der Waals surface area contributed by atoms with Crippen molar-refractivity contribution in [3.63, 3.8) is 0 Å². The van der Waals surface area contributed by atoms with Crippen LogP contribution >= 0.6 is 12.4 Å². The van der Waals surface area contributed by atoms with Crippen LogP contribution in [0.25, 0.3) is 0 Å². The average molecular weight is 430 g/mol. The lowest BCUT2D eigenvalue weighted by molar-refractivity contribution is -0.131. The van der Waals surface area contributed by atoms with Gasteiger partial charge in [-0.3, -0.25) is 10.2 Å². The van der Waals surface area contributed by atoms with Gasteiger partial charge in [0.25, 0.3) is 0 Å². The predicted molar refractivity (Wildman–Crippen MR) is 123 cm³/mol. The van der Waals surface area contributed by atoms with Crippen LogP contribution in [0.5, 0.6) is 0 Å². The SMILES string of the molecule is Cl.N=C(N)[C@@H]1CCCN1C(=O)CCCCCCCCCCOCC1CCCCC1. The normalized spacial score (nSPS) is 19.9. The molecule has 1 aliphatic carbocycles. The Hall–Kier alpha value is -0.810. The van der Waals surface area contributed by atoms with E-state index < -0.39 is 0 Å². The highest BCUT2D eigenvalue weighted by molar-refractivity contribution is 5.88. The van der Waals surface area contributed by atoms with Crippen LogP contribution in [0, 0.1) is 11.3 Å². The Morgan fingerprint density at radius 3 is 2.17 bits per heavy atom. The molecule has 170 valence electrons. The first-order valence-electron chi connectivity index (χ1n) is 11.9. The largest absolute Gasteiger partial charge is 0.386 e. The lowest BCUT2D eigenvalue weighted by Gasteiger charge is -2.23. The monoisotopic (exact) mass is 429 g/mol. The van der Waals surface area contributed by atoms with Crippen molar-refractivity contribution in [3.8, 4) is 0 Å². The third-order valence-corrected chi connectivity index (χ3v) is 6.44. The maximum atomic E-state index is 12.3. The van der Waals surface area contributed by atoms with Gasteiger partial charge in [-0.15, -0.1) is 12.4 Å². The molecule has 1 amide bonds. The van der Waals surface area contributed by atoms with E-state index in [1.54, 1.807) is 0 Å². The third kappa shape index (κ3) is 10.7. The average Bonchev–Trinajstić information content (AvgIpc) is 3.20. The Bertz CT molecular complexity index is 455. The van der Waals surface area contributed by atoms with Gasteiger partial charge < -0.3 is 15.4 Å². The van der Waals surface area contributed by atoms with E-state index in [1.165, 1.54) is 70.6 Å². The van der Waals surface area contributed by atoms with E-state index in [0.717, 1.165) is 51.4 Å². The number of ether oxygens (including phenoxy) is 1. The first-order valence-corrected chi connectivity index (χ1v) is 11.9. The van der Waals surface area contributed by atoms with Crippen LogP contribution in [-0.4, -0.2) is 42.4 Å². The van der Waals surface area contributed by atoms with Crippen LogP contribution in [-0.2, 0) is 9.53 Å². The molecule has 1 heterocycles. The van der Waals surface area contributed by atoms with Crippen LogP contribution < -0.4 is 5.73 Å².